The van der Waals surface area contributed by atoms with Crippen molar-refractivity contribution in [2.45, 2.75) is 38.6 Å². The molecule has 3 atom stereocenters. The molecule has 5 nitrogen and oxygen atoms in total. The highest BCUT2D eigenvalue weighted by Gasteiger charge is 2.31. The lowest BCUT2D eigenvalue weighted by atomic mass is 9.90. The molecule has 2 saturated heterocycles. The zero-order chi connectivity index (χ0) is 14.8. The molecular formula is C14H29N3O2S. The van der Waals surface area contributed by atoms with Crippen LogP contribution in [0, 0.1) is 11.8 Å². The van der Waals surface area contributed by atoms with Crippen molar-refractivity contribution >= 4 is 10.0 Å². The van der Waals surface area contributed by atoms with Gasteiger partial charge >= 0.3 is 0 Å². The van der Waals surface area contributed by atoms with Crippen molar-refractivity contribution in [3.05, 3.63) is 0 Å². The monoisotopic (exact) mass is 303 g/mol. The van der Waals surface area contributed by atoms with Gasteiger partial charge in [0.25, 0.3) is 0 Å². The van der Waals surface area contributed by atoms with Crippen LogP contribution in [0.1, 0.15) is 32.6 Å². The molecule has 0 aromatic carbocycles. The molecule has 2 aliphatic rings. The highest BCUT2D eigenvalue weighted by molar-refractivity contribution is 7.88. The molecule has 2 fully saturated rings. The van der Waals surface area contributed by atoms with Gasteiger partial charge in [0, 0.05) is 32.2 Å². The Bertz CT molecular complexity index is 413. The van der Waals surface area contributed by atoms with Crippen molar-refractivity contribution in [3.63, 3.8) is 0 Å². The first-order valence-electron chi connectivity index (χ1n) is 7.79. The molecule has 0 spiro atoms. The Morgan fingerprint density at radius 1 is 1.25 bits per heavy atom. The van der Waals surface area contributed by atoms with Crippen LogP contribution < -0.4 is 5.73 Å². The maximum atomic E-state index is 11.7. The fraction of sp³-hybridized carbons (Fsp3) is 1.00. The van der Waals surface area contributed by atoms with Gasteiger partial charge in [0.1, 0.15) is 0 Å². The standard InChI is InChI=1S/C14H29N3O2S/c1-12-5-7-16(14(8-12)9-15)10-13-4-3-6-17(11-13)20(2,18)19/h12-14H,3-11,15H2,1-2H3. The Morgan fingerprint density at radius 2 is 2.00 bits per heavy atom. The lowest BCUT2D eigenvalue weighted by molar-refractivity contribution is 0.0889. The Balaban J connectivity index is 1.92. The first kappa shape index (κ1) is 16.2. The van der Waals surface area contributed by atoms with E-state index in [1.807, 2.05) is 0 Å². The first-order valence-corrected chi connectivity index (χ1v) is 9.64. The van der Waals surface area contributed by atoms with E-state index < -0.39 is 10.0 Å². The summed E-state index contributed by atoms with van der Waals surface area (Å²) in [6.45, 7) is 6.49. The molecule has 2 rings (SSSR count). The average molecular weight is 303 g/mol. The van der Waals surface area contributed by atoms with E-state index in [1.54, 1.807) is 4.31 Å². The molecule has 0 radical (unpaired) electrons. The third-order valence-electron chi connectivity index (χ3n) is 4.82. The molecule has 0 amide bonds. The molecular weight excluding hydrogens is 274 g/mol. The number of hydrogen-bond donors (Lipinski definition) is 1. The summed E-state index contributed by atoms with van der Waals surface area (Å²) in [5.41, 5.74) is 5.91. The Labute approximate surface area is 123 Å². The fourth-order valence-corrected chi connectivity index (χ4v) is 4.54. The van der Waals surface area contributed by atoms with Gasteiger partial charge in [-0.25, -0.2) is 12.7 Å². The fourth-order valence-electron chi connectivity index (χ4n) is 3.59. The smallest absolute Gasteiger partial charge is 0.211 e. The normalized spacial score (nSPS) is 34.2. The molecule has 20 heavy (non-hydrogen) atoms. The molecule has 0 aromatic rings. The number of sulfonamides is 1. The summed E-state index contributed by atoms with van der Waals surface area (Å²) in [5, 5.41) is 0. The van der Waals surface area contributed by atoms with E-state index in [0.717, 1.165) is 31.8 Å². The quantitative estimate of drug-likeness (QED) is 0.831. The van der Waals surface area contributed by atoms with Gasteiger partial charge in [-0.15, -0.1) is 0 Å². The third-order valence-corrected chi connectivity index (χ3v) is 6.09. The Kier molecular flexibility index (Phi) is 5.45. The molecule has 0 bridgehead atoms. The number of hydrogen-bond acceptors (Lipinski definition) is 4. The van der Waals surface area contributed by atoms with Gasteiger partial charge in [0.2, 0.25) is 10.0 Å². The van der Waals surface area contributed by atoms with Gasteiger partial charge < -0.3 is 5.73 Å². The highest BCUT2D eigenvalue weighted by atomic mass is 32.2. The lowest BCUT2D eigenvalue weighted by Gasteiger charge is -2.41. The van der Waals surface area contributed by atoms with E-state index in [1.165, 1.54) is 19.1 Å². The highest BCUT2D eigenvalue weighted by Crippen LogP contribution is 2.26. The third kappa shape index (κ3) is 4.16. The number of piperidine rings is 2. The van der Waals surface area contributed by atoms with Crippen molar-refractivity contribution in [3.8, 4) is 0 Å². The van der Waals surface area contributed by atoms with Crippen LogP contribution in [-0.2, 0) is 10.0 Å². The number of nitrogens with zero attached hydrogens (tertiary/aromatic N) is 2. The van der Waals surface area contributed by atoms with Crippen LogP contribution in [0.4, 0.5) is 0 Å². The molecule has 2 heterocycles. The summed E-state index contributed by atoms with van der Waals surface area (Å²) in [6, 6.07) is 0.479. The number of rotatable bonds is 4. The summed E-state index contributed by atoms with van der Waals surface area (Å²) in [7, 11) is -3.04. The predicted molar refractivity (Wildman–Crippen MR) is 82.0 cm³/mol. The first-order chi connectivity index (χ1) is 9.40. The van der Waals surface area contributed by atoms with Crippen LogP contribution in [0.2, 0.25) is 0 Å². The van der Waals surface area contributed by atoms with Crippen molar-refractivity contribution in [1.29, 1.82) is 0 Å². The van der Waals surface area contributed by atoms with E-state index in [4.69, 9.17) is 5.73 Å². The van der Waals surface area contributed by atoms with E-state index in [2.05, 4.69) is 11.8 Å². The van der Waals surface area contributed by atoms with Crippen LogP contribution in [-0.4, -0.2) is 62.6 Å². The Morgan fingerprint density at radius 3 is 2.65 bits per heavy atom. The molecule has 2 N–H and O–H groups in total. The number of nitrogens with two attached hydrogens (primary N) is 1. The molecule has 2 aliphatic heterocycles. The van der Waals surface area contributed by atoms with Crippen LogP contribution in [0.5, 0.6) is 0 Å². The van der Waals surface area contributed by atoms with Crippen molar-refractivity contribution in [2.75, 3.05) is 39.0 Å². The zero-order valence-electron chi connectivity index (χ0n) is 12.8. The minimum absolute atomic E-state index is 0.459. The van der Waals surface area contributed by atoms with Crippen molar-refractivity contribution in [2.24, 2.45) is 17.6 Å². The maximum Gasteiger partial charge on any atom is 0.211 e. The van der Waals surface area contributed by atoms with Gasteiger partial charge in [-0.05, 0) is 44.1 Å². The summed E-state index contributed by atoms with van der Waals surface area (Å²) < 4.78 is 25.0. The summed E-state index contributed by atoms with van der Waals surface area (Å²) in [5.74, 6) is 1.22. The van der Waals surface area contributed by atoms with Crippen molar-refractivity contribution in [1.82, 2.24) is 9.21 Å². The molecule has 118 valence electrons. The SMILES string of the molecule is CC1CCN(CC2CCCN(S(C)(=O)=O)C2)C(CN)C1. The van der Waals surface area contributed by atoms with Crippen LogP contribution >= 0.6 is 0 Å². The molecule has 0 saturated carbocycles. The van der Waals surface area contributed by atoms with Gasteiger partial charge in [-0.1, -0.05) is 6.92 Å². The lowest BCUT2D eigenvalue weighted by Crippen LogP contribution is -2.50. The zero-order valence-corrected chi connectivity index (χ0v) is 13.6. The van der Waals surface area contributed by atoms with E-state index in [0.29, 0.717) is 31.6 Å². The second-order valence-corrected chi connectivity index (χ2v) is 8.63. The summed E-state index contributed by atoms with van der Waals surface area (Å²) in [6.07, 6.45) is 5.85. The average Bonchev–Trinajstić information content (AvgIpc) is 2.40. The van der Waals surface area contributed by atoms with Gasteiger partial charge in [-0.2, -0.15) is 0 Å². The van der Waals surface area contributed by atoms with E-state index in [9.17, 15) is 8.42 Å². The van der Waals surface area contributed by atoms with E-state index in [-0.39, 0.29) is 0 Å². The summed E-state index contributed by atoms with van der Waals surface area (Å²) in [4.78, 5) is 2.50. The Hall–Kier alpha value is -0.170. The molecule has 3 unspecified atom stereocenters. The second kappa shape index (κ2) is 6.73. The largest absolute Gasteiger partial charge is 0.329 e. The van der Waals surface area contributed by atoms with Crippen LogP contribution in [0.15, 0.2) is 0 Å². The van der Waals surface area contributed by atoms with Gasteiger partial charge in [0.05, 0.1) is 6.26 Å². The molecule has 6 heteroatoms. The van der Waals surface area contributed by atoms with Crippen molar-refractivity contribution < 1.29 is 8.42 Å². The molecule has 0 aromatic heterocycles. The minimum Gasteiger partial charge on any atom is -0.329 e. The number of likely N-dealkylation sites (tertiary alicyclic amines) is 1. The maximum absolute atomic E-state index is 11.7. The van der Waals surface area contributed by atoms with Gasteiger partial charge in [-0.3, -0.25) is 4.90 Å². The predicted octanol–water partition coefficient (Wildman–Crippen LogP) is 0.717. The van der Waals surface area contributed by atoms with Crippen LogP contribution in [0.3, 0.4) is 0 Å². The van der Waals surface area contributed by atoms with Crippen LogP contribution in [0.25, 0.3) is 0 Å². The minimum atomic E-state index is -3.04. The second-order valence-electron chi connectivity index (χ2n) is 6.64. The summed E-state index contributed by atoms with van der Waals surface area (Å²) >= 11 is 0. The topological polar surface area (TPSA) is 66.6 Å². The van der Waals surface area contributed by atoms with Gasteiger partial charge in [0.15, 0.2) is 0 Å². The van der Waals surface area contributed by atoms with E-state index >= 15 is 0 Å². The molecule has 0 aliphatic carbocycles.